The Morgan fingerprint density at radius 2 is 1.15 bits per heavy atom. The Kier molecular flexibility index (Phi) is 5.63. The second-order valence-electron chi connectivity index (χ2n) is 7.24. The molecule has 3 heteroatoms. The van der Waals surface area contributed by atoms with E-state index in [0.717, 1.165) is 23.9 Å². The molecule has 1 aliphatic rings. The number of benzene rings is 3. The van der Waals surface area contributed by atoms with Crippen LogP contribution >= 0.6 is 0 Å². The van der Waals surface area contributed by atoms with Crippen LogP contribution in [0.15, 0.2) is 91.0 Å². The first-order valence-corrected chi connectivity index (χ1v) is 16.0. The zero-order chi connectivity index (χ0) is 18.5. The van der Waals surface area contributed by atoms with Crippen molar-refractivity contribution in [3.63, 3.8) is 0 Å². The molecule has 0 N–H and O–H groups in total. The van der Waals surface area contributed by atoms with E-state index in [4.69, 9.17) is 0 Å². The van der Waals surface area contributed by atoms with Crippen LogP contribution in [0.1, 0.15) is 12.8 Å². The summed E-state index contributed by atoms with van der Waals surface area (Å²) >= 11 is -3.21. The molecule has 0 bridgehead atoms. The quantitative estimate of drug-likeness (QED) is 0.517. The van der Waals surface area contributed by atoms with Gasteiger partial charge in [-0.25, -0.2) is 0 Å². The molecule has 2 nitrogen and oxygen atoms in total. The molecule has 1 fully saturated rings. The summed E-state index contributed by atoms with van der Waals surface area (Å²) in [5, 5.41) is 0. The fourth-order valence-corrected chi connectivity index (χ4v) is 17.9. The summed E-state index contributed by atoms with van der Waals surface area (Å²) in [5.74, 6) is 0.323. The molecule has 3 aromatic rings. The van der Waals surface area contributed by atoms with Crippen LogP contribution in [0.25, 0.3) is 0 Å². The number of carbonyl (C=O) groups is 1. The van der Waals surface area contributed by atoms with Crippen LogP contribution in [0.3, 0.4) is 0 Å². The number of hydrogen-bond acceptors (Lipinski definition) is 1. The predicted octanol–water partition coefficient (Wildman–Crippen LogP) is 2.78. The number of amides is 1. The van der Waals surface area contributed by atoms with E-state index in [1.165, 1.54) is 10.7 Å². The van der Waals surface area contributed by atoms with Gasteiger partial charge >= 0.3 is 166 Å². The molecule has 0 radical (unpaired) electrons. The summed E-state index contributed by atoms with van der Waals surface area (Å²) < 4.78 is 5.53. The number of likely N-dealkylation sites (tertiary alicyclic amines) is 1. The van der Waals surface area contributed by atoms with Crippen molar-refractivity contribution in [1.82, 2.24) is 4.90 Å². The van der Waals surface area contributed by atoms with E-state index in [1.54, 1.807) is 0 Å². The molecule has 27 heavy (non-hydrogen) atoms. The molecule has 1 amide bonds. The third-order valence-electron chi connectivity index (χ3n) is 5.73. The fourth-order valence-electron chi connectivity index (χ4n) is 4.34. The molecule has 1 heterocycles. The van der Waals surface area contributed by atoms with Crippen LogP contribution < -0.4 is 10.7 Å². The average Bonchev–Trinajstić information content (AvgIpc) is 3.16. The van der Waals surface area contributed by atoms with E-state index in [-0.39, 0.29) is 0 Å². The number of rotatable bonds is 6. The molecule has 0 unspecified atom stereocenters. The first kappa shape index (κ1) is 18.3. The van der Waals surface area contributed by atoms with Gasteiger partial charge in [0.2, 0.25) is 0 Å². The Morgan fingerprint density at radius 1 is 0.704 bits per heavy atom. The Morgan fingerprint density at radius 3 is 1.52 bits per heavy atom. The van der Waals surface area contributed by atoms with Crippen molar-refractivity contribution in [3.8, 4) is 0 Å². The molecule has 0 spiro atoms. The summed E-state index contributed by atoms with van der Waals surface area (Å²) in [6, 6.07) is 33.1. The third-order valence-corrected chi connectivity index (χ3v) is 19.8. The normalized spacial score (nSPS) is 14.5. The molecule has 0 atom stereocenters. The molecule has 0 saturated carbocycles. The van der Waals surface area contributed by atoms with Crippen LogP contribution in [0, 0.1) is 0 Å². The molecule has 4 rings (SSSR count). The van der Waals surface area contributed by atoms with Crippen molar-refractivity contribution < 1.29 is 4.79 Å². The monoisotopic (exact) mass is 463 g/mol. The first-order valence-electron chi connectivity index (χ1n) is 9.75. The second kappa shape index (κ2) is 8.30. The number of carbonyl (C=O) groups excluding carboxylic acids is 1. The molecule has 1 aliphatic heterocycles. The zero-order valence-corrected chi connectivity index (χ0v) is 18.4. The first-order chi connectivity index (χ1) is 13.3. The molecule has 1 saturated heterocycles. The van der Waals surface area contributed by atoms with Crippen molar-refractivity contribution in [3.05, 3.63) is 91.0 Å². The Hall–Kier alpha value is -2.07. The van der Waals surface area contributed by atoms with Gasteiger partial charge in [-0.2, -0.15) is 0 Å². The maximum atomic E-state index is 12.2. The Bertz CT molecular complexity index is 783. The van der Waals surface area contributed by atoms with Crippen molar-refractivity contribution in [2.24, 2.45) is 0 Å². The van der Waals surface area contributed by atoms with Crippen molar-refractivity contribution >= 4 is 35.0 Å². The molecule has 0 aromatic heterocycles. The van der Waals surface area contributed by atoms with Gasteiger partial charge in [-0.3, -0.25) is 0 Å². The molecule has 0 aliphatic carbocycles. The minimum absolute atomic E-state index is 0.323. The van der Waals surface area contributed by atoms with Crippen LogP contribution in [-0.2, 0) is 4.79 Å². The summed E-state index contributed by atoms with van der Waals surface area (Å²) in [6.45, 7) is 1.78. The van der Waals surface area contributed by atoms with Gasteiger partial charge < -0.3 is 0 Å². The van der Waals surface area contributed by atoms with Crippen LogP contribution in [-0.4, -0.2) is 42.3 Å². The molecular formula is C24H25NOSn. The number of nitrogens with zero attached hydrogens (tertiary/aromatic N) is 1. The van der Waals surface area contributed by atoms with Crippen molar-refractivity contribution in [1.29, 1.82) is 0 Å². The van der Waals surface area contributed by atoms with Crippen LogP contribution in [0.4, 0.5) is 0 Å². The topological polar surface area (TPSA) is 20.3 Å². The summed E-state index contributed by atoms with van der Waals surface area (Å²) in [5.41, 5.74) is 0. The summed E-state index contributed by atoms with van der Waals surface area (Å²) in [4.78, 5) is 14.3. The van der Waals surface area contributed by atoms with E-state index >= 15 is 0 Å². The van der Waals surface area contributed by atoms with Gasteiger partial charge in [0, 0.05) is 0 Å². The van der Waals surface area contributed by atoms with E-state index in [0.29, 0.717) is 12.3 Å². The van der Waals surface area contributed by atoms with Gasteiger partial charge in [0.05, 0.1) is 0 Å². The van der Waals surface area contributed by atoms with Crippen LogP contribution in [0.5, 0.6) is 0 Å². The van der Waals surface area contributed by atoms with Crippen molar-refractivity contribution in [2.45, 2.75) is 17.3 Å². The van der Waals surface area contributed by atoms with E-state index in [1.807, 2.05) is 0 Å². The third kappa shape index (κ3) is 3.68. The molecular weight excluding hydrogens is 437 g/mol. The van der Waals surface area contributed by atoms with Gasteiger partial charge in [0.25, 0.3) is 0 Å². The van der Waals surface area contributed by atoms with Crippen LogP contribution in [0.2, 0.25) is 4.44 Å². The van der Waals surface area contributed by atoms with E-state index in [9.17, 15) is 4.79 Å². The van der Waals surface area contributed by atoms with Gasteiger partial charge in [0.1, 0.15) is 0 Å². The van der Waals surface area contributed by atoms with Gasteiger partial charge in [-0.05, 0) is 0 Å². The predicted molar refractivity (Wildman–Crippen MR) is 115 cm³/mol. The van der Waals surface area contributed by atoms with Crippen molar-refractivity contribution in [2.75, 3.05) is 13.1 Å². The SMILES string of the molecule is O=C1CCCN1C[CH2][Sn]([c]1ccccc1)([c]1ccccc1)[c]1ccccc1. The average molecular weight is 462 g/mol. The summed E-state index contributed by atoms with van der Waals surface area (Å²) in [6.07, 6.45) is 1.72. The van der Waals surface area contributed by atoms with E-state index in [2.05, 4.69) is 95.9 Å². The second-order valence-corrected chi connectivity index (χ2v) is 18.8. The molecule has 136 valence electrons. The van der Waals surface area contributed by atoms with Gasteiger partial charge in [-0.1, -0.05) is 0 Å². The minimum atomic E-state index is -3.21. The summed E-state index contributed by atoms with van der Waals surface area (Å²) in [7, 11) is 0. The Labute approximate surface area is 165 Å². The molecule has 3 aromatic carbocycles. The zero-order valence-electron chi connectivity index (χ0n) is 15.6. The number of hydrogen-bond donors (Lipinski definition) is 0. The maximum absolute atomic E-state index is 12.2. The van der Waals surface area contributed by atoms with E-state index < -0.39 is 18.4 Å². The standard InChI is InChI=1S/C6H10NO.3C6H5.Sn/c1-2-7-5-3-4-6(7)8;3*1-2-4-6-5-3-1;/h1-5H2;3*1-5H;. The van der Waals surface area contributed by atoms with Gasteiger partial charge in [0.15, 0.2) is 0 Å². The fraction of sp³-hybridized carbons (Fsp3) is 0.208. The van der Waals surface area contributed by atoms with Gasteiger partial charge in [-0.15, -0.1) is 0 Å². The Balaban J connectivity index is 1.85.